The highest BCUT2D eigenvalue weighted by Gasteiger charge is 2.33. The van der Waals surface area contributed by atoms with Gasteiger partial charge in [0.05, 0.1) is 6.10 Å². The standard InChI is InChI=1S/C16H22FNO3/c1-16(2,3)21-15(20)18-9-8-14(19)13(10-18)11-4-6-12(17)7-5-11/h4-7,13-14,19H,8-10H2,1-3H3/t13-,14-/m0/s1. The second-order valence-electron chi connectivity index (χ2n) is 6.44. The molecule has 1 aliphatic rings. The zero-order valence-corrected chi connectivity index (χ0v) is 12.7. The van der Waals surface area contributed by atoms with Crippen LogP contribution in [0.4, 0.5) is 9.18 Å². The average Bonchev–Trinajstić information content (AvgIpc) is 2.38. The first-order valence-corrected chi connectivity index (χ1v) is 7.18. The Labute approximate surface area is 124 Å². The molecule has 0 unspecified atom stereocenters. The van der Waals surface area contributed by atoms with Gasteiger partial charge in [-0.2, -0.15) is 0 Å². The molecule has 4 nitrogen and oxygen atoms in total. The number of carbonyl (C=O) groups excluding carboxylic acids is 1. The van der Waals surface area contributed by atoms with E-state index in [0.29, 0.717) is 19.5 Å². The van der Waals surface area contributed by atoms with Crippen molar-refractivity contribution in [3.05, 3.63) is 35.6 Å². The molecule has 116 valence electrons. The third-order valence-electron chi connectivity index (χ3n) is 3.53. The molecule has 21 heavy (non-hydrogen) atoms. The van der Waals surface area contributed by atoms with Gasteiger partial charge < -0.3 is 14.7 Å². The first-order chi connectivity index (χ1) is 9.76. The van der Waals surface area contributed by atoms with Crippen LogP contribution < -0.4 is 0 Å². The second kappa shape index (κ2) is 6.02. The van der Waals surface area contributed by atoms with Crippen molar-refractivity contribution >= 4 is 6.09 Å². The molecule has 1 aromatic rings. The Hall–Kier alpha value is -1.62. The molecule has 0 radical (unpaired) electrons. The molecule has 2 rings (SSSR count). The summed E-state index contributed by atoms with van der Waals surface area (Å²) in [6, 6.07) is 6.05. The Balaban J connectivity index is 2.09. The number of aliphatic hydroxyl groups excluding tert-OH is 1. The number of ether oxygens (including phenoxy) is 1. The van der Waals surface area contributed by atoms with Gasteiger partial charge in [0.15, 0.2) is 0 Å². The van der Waals surface area contributed by atoms with Gasteiger partial charge in [-0.3, -0.25) is 0 Å². The fourth-order valence-corrected chi connectivity index (χ4v) is 2.47. The minimum absolute atomic E-state index is 0.216. The molecule has 0 bridgehead atoms. The zero-order valence-electron chi connectivity index (χ0n) is 12.7. The predicted octanol–water partition coefficient (Wildman–Crippen LogP) is 2.91. The van der Waals surface area contributed by atoms with Crippen LogP contribution in [0.1, 0.15) is 38.7 Å². The molecule has 1 heterocycles. The molecule has 1 N–H and O–H groups in total. The van der Waals surface area contributed by atoms with Crippen LogP contribution in [0.5, 0.6) is 0 Å². The van der Waals surface area contributed by atoms with E-state index in [-0.39, 0.29) is 17.8 Å². The van der Waals surface area contributed by atoms with Crippen LogP contribution in [0.25, 0.3) is 0 Å². The summed E-state index contributed by atoms with van der Waals surface area (Å²) >= 11 is 0. The summed E-state index contributed by atoms with van der Waals surface area (Å²) in [6.45, 7) is 6.30. The van der Waals surface area contributed by atoms with Gasteiger partial charge >= 0.3 is 6.09 Å². The highest BCUT2D eigenvalue weighted by molar-refractivity contribution is 5.68. The Morgan fingerprint density at radius 1 is 1.33 bits per heavy atom. The Bertz CT molecular complexity index is 495. The topological polar surface area (TPSA) is 49.8 Å². The third kappa shape index (κ3) is 4.17. The fraction of sp³-hybridized carbons (Fsp3) is 0.562. The summed E-state index contributed by atoms with van der Waals surface area (Å²) in [4.78, 5) is 13.7. The van der Waals surface area contributed by atoms with Gasteiger partial charge in [-0.1, -0.05) is 12.1 Å². The number of nitrogens with zero attached hydrogens (tertiary/aromatic N) is 1. The van der Waals surface area contributed by atoms with Crippen LogP contribution in [0, 0.1) is 5.82 Å². The molecule has 1 saturated heterocycles. The maximum Gasteiger partial charge on any atom is 0.410 e. The molecule has 1 aliphatic heterocycles. The number of hydrogen-bond acceptors (Lipinski definition) is 3. The normalized spacial score (nSPS) is 23.0. The highest BCUT2D eigenvalue weighted by Crippen LogP contribution is 2.28. The number of benzene rings is 1. The van der Waals surface area contributed by atoms with Gasteiger partial charge in [-0.15, -0.1) is 0 Å². The predicted molar refractivity (Wildman–Crippen MR) is 77.6 cm³/mol. The summed E-state index contributed by atoms with van der Waals surface area (Å²) < 4.78 is 18.4. The second-order valence-corrected chi connectivity index (χ2v) is 6.44. The van der Waals surface area contributed by atoms with E-state index >= 15 is 0 Å². The SMILES string of the molecule is CC(C)(C)OC(=O)N1CC[C@H](O)[C@H](c2ccc(F)cc2)C1. The van der Waals surface area contributed by atoms with Gasteiger partial charge in [0.2, 0.25) is 0 Å². The number of aliphatic hydroxyl groups is 1. The van der Waals surface area contributed by atoms with E-state index in [1.165, 1.54) is 12.1 Å². The van der Waals surface area contributed by atoms with Crippen molar-refractivity contribution < 1.29 is 19.0 Å². The number of likely N-dealkylation sites (tertiary alicyclic amines) is 1. The Kier molecular flexibility index (Phi) is 4.52. The minimum Gasteiger partial charge on any atom is -0.444 e. The van der Waals surface area contributed by atoms with E-state index in [4.69, 9.17) is 4.74 Å². The lowest BCUT2D eigenvalue weighted by Gasteiger charge is -2.37. The molecule has 5 heteroatoms. The summed E-state index contributed by atoms with van der Waals surface area (Å²) in [5, 5.41) is 10.2. The molecule has 1 amide bonds. The van der Waals surface area contributed by atoms with Gasteiger partial charge in [-0.25, -0.2) is 9.18 Å². The molecule has 0 spiro atoms. The number of hydrogen-bond donors (Lipinski definition) is 1. The van der Waals surface area contributed by atoms with E-state index < -0.39 is 11.7 Å². The summed E-state index contributed by atoms with van der Waals surface area (Å²) in [7, 11) is 0. The van der Waals surface area contributed by atoms with Crippen molar-refractivity contribution in [3.8, 4) is 0 Å². The number of halogens is 1. The Morgan fingerprint density at radius 3 is 2.52 bits per heavy atom. The number of carbonyl (C=O) groups is 1. The monoisotopic (exact) mass is 295 g/mol. The highest BCUT2D eigenvalue weighted by atomic mass is 19.1. The van der Waals surface area contributed by atoms with Crippen molar-refractivity contribution in [2.75, 3.05) is 13.1 Å². The number of piperidine rings is 1. The molecule has 1 fully saturated rings. The van der Waals surface area contributed by atoms with E-state index in [1.54, 1.807) is 17.0 Å². The molecular weight excluding hydrogens is 273 g/mol. The molecule has 1 aromatic carbocycles. The summed E-state index contributed by atoms with van der Waals surface area (Å²) in [6.07, 6.45) is -0.419. The van der Waals surface area contributed by atoms with Gasteiger partial charge in [0.1, 0.15) is 11.4 Å². The van der Waals surface area contributed by atoms with Crippen LogP contribution in [-0.2, 0) is 4.74 Å². The van der Waals surface area contributed by atoms with Gasteiger partial charge in [-0.05, 0) is 44.9 Å². The molecule has 0 saturated carbocycles. The quantitative estimate of drug-likeness (QED) is 0.866. The van der Waals surface area contributed by atoms with Crippen molar-refractivity contribution in [2.45, 2.75) is 44.8 Å². The van der Waals surface area contributed by atoms with E-state index in [0.717, 1.165) is 5.56 Å². The maximum atomic E-state index is 13.0. The lowest BCUT2D eigenvalue weighted by Crippen LogP contribution is -2.46. The van der Waals surface area contributed by atoms with Gasteiger partial charge in [0.25, 0.3) is 0 Å². The third-order valence-corrected chi connectivity index (χ3v) is 3.53. The first kappa shape index (κ1) is 15.8. The first-order valence-electron chi connectivity index (χ1n) is 7.18. The van der Waals surface area contributed by atoms with Crippen molar-refractivity contribution in [1.29, 1.82) is 0 Å². The van der Waals surface area contributed by atoms with E-state index in [9.17, 15) is 14.3 Å². The van der Waals surface area contributed by atoms with Gasteiger partial charge in [0, 0.05) is 19.0 Å². The molecular formula is C16H22FNO3. The molecule has 0 aromatic heterocycles. The van der Waals surface area contributed by atoms with Crippen molar-refractivity contribution in [2.24, 2.45) is 0 Å². The summed E-state index contributed by atoms with van der Waals surface area (Å²) in [5.41, 5.74) is 0.288. The fourth-order valence-electron chi connectivity index (χ4n) is 2.47. The lowest BCUT2D eigenvalue weighted by atomic mass is 9.88. The summed E-state index contributed by atoms with van der Waals surface area (Å²) in [5.74, 6) is -0.528. The van der Waals surface area contributed by atoms with Crippen LogP contribution in [-0.4, -0.2) is 40.9 Å². The molecule has 2 atom stereocenters. The minimum atomic E-state index is -0.543. The van der Waals surface area contributed by atoms with E-state index in [1.807, 2.05) is 20.8 Å². The van der Waals surface area contributed by atoms with Crippen molar-refractivity contribution in [3.63, 3.8) is 0 Å². The average molecular weight is 295 g/mol. The van der Waals surface area contributed by atoms with Crippen LogP contribution >= 0.6 is 0 Å². The van der Waals surface area contributed by atoms with Crippen molar-refractivity contribution in [1.82, 2.24) is 4.90 Å². The number of rotatable bonds is 1. The Morgan fingerprint density at radius 2 is 1.95 bits per heavy atom. The van der Waals surface area contributed by atoms with Crippen LogP contribution in [0.15, 0.2) is 24.3 Å². The lowest BCUT2D eigenvalue weighted by molar-refractivity contribution is 0.00406. The largest absolute Gasteiger partial charge is 0.444 e. The molecule has 0 aliphatic carbocycles. The maximum absolute atomic E-state index is 13.0. The van der Waals surface area contributed by atoms with Crippen LogP contribution in [0.3, 0.4) is 0 Å². The zero-order chi connectivity index (χ0) is 15.6. The number of amides is 1. The van der Waals surface area contributed by atoms with E-state index in [2.05, 4.69) is 0 Å². The van der Waals surface area contributed by atoms with Crippen LogP contribution in [0.2, 0.25) is 0 Å². The smallest absolute Gasteiger partial charge is 0.410 e.